The number of ether oxygens (including phenoxy) is 1. The molecule has 0 spiro atoms. The highest BCUT2D eigenvalue weighted by molar-refractivity contribution is 5.68. The first-order chi connectivity index (χ1) is 13.0. The van der Waals surface area contributed by atoms with Crippen molar-refractivity contribution in [2.24, 2.45) is 0 Å². The molecule has 3 heterocycles. The molecule has 1 aromatic heterocycles. The fraction of sp³-hybridized carbons (Fsp3) is 0.714. The molecular weight excluding hydrogens is 364 g/mol. The monoisotopic (exact) mass is 395 g/mol. The largest absolute Gasteiger partial charge is 0.444 e. The maximum atomic E-state index is 13.7. The van der Waals surface area contributed by atoms with Crippen molar-refractivity contribution in [1.82, 2.24) is 9.88 Å². The van der Waals surface area contributed by atoms with Crippen molar-refractivity contribution in [2.75, 3.05) is 31.1 Å². The van der Waals surface area contributed by atoms with E-state index in [1.165, 1.54) is 0 Å². The number of carbonyl (C=O) groups is 1. The van der Waals surface area contributed by atoms with Gasteiger partial charge in [-0.15, -0.1) is 0 Å². The first-order valence-corrected chi connectivity index (χ1v) is 10.1. The Bertz CT molecular complexity index is 718. The summed E-state index contributed by atoms with van der Waals surface area (Å²) in [5.74, 6) is -1.77. The zero-order chi connectivity index (χ0) is 20.5. The highest BCUT2D eigenvalue weighted by atomic mass is 19.3. The van der Waals surface area contributed by atoms with E-state index >= 15 is 0 Å². The lowest BCUT2D eigenvalue weighted by molar-refractivity contribution is -0.0102. The minimum absolute atomic E-state index is 0.0541. The molecule has 2 aliphatic rings. The predicted molar refractivity (Wildman–Crippen MR) is 105 cm³/mol. The summed E-state index contributed by atoms with van der Waals surface area (Å²) in [7, 11) is 0. The maximum absolute atomic E-state index is 13.7. The summed E-state index contributed by atoms with van der Waals surface area (Å²) in [4.78, 5) is 21.0. The molecule has 0 N–H and O–H groups in total. The van der Waals surface area contributed by atoms with Gasteiger partial charge in [-0.2, -0.15) is 0 Å². The lowest BCUT2D eigenvalue weighted by Gasteiger charge is -2.27. The number of nitrogens with zero attached hydrogens (tertiary/aromatic N) is 3. The quantitative estimate of drug-likeness (QED) is 0.697. The van der Waals surface area contributed by atoms with Crippen LogP contribution >= 0.6 is 0 Å². The van der Waals surface area contributed by atoms with Gasteiger partial charge >= 0.3 is 6.09 Å². The Morgan fingerprint density at radius 2 is 1.96 bits per heavy atom. The second-order valence-electron chi connectivity index (χ2n) is 8.99. The van der Waals surface area contributed by atoms with E-state index in [1.807, 2.05) is 37.8 Å². The van der Waals surface area contributed by atoms with Crippen LogP contribution in [0.5, 0.6) is 0 Å². The van der Waals surface area contributed by atoms with Gasteiger partial charge in [-0.25, -0.2) is 18.6 Å². The van der Waals surface area contributed by atoms with E-state index < -0.39 is 11.5 Å². The fourth-order valence-corrected chi connectivity index (χ4v) is 3.86. The van der Waals surface area contributed by atoms with Crippen LogP contribution in [-0.4, -0.2) is 53.7 Å². The third-order valence-electron chi connectivity index (χ3n) is 5.30. The number of anilines is 1. The Kier molecular flexibility index (Phi) is 5.82. The average molecular weight is 395 g/mol. The van der Waals surface area contributed by atoms with Crippen LogP contribution in [0.1, 0.15) is 64.1 Å². The van der Waals surface area contributed by atoms with E-state index in [0.29, 0.717) is 39.0 Å². The Hall–Kier alpha value is -1.92. The van der Waals surface area contributed by atoms with Gasteiger partial charge in [0.25, 0.3) is 0 Å². The molecule has 1 saturated heterocycles. The SMILES string of the molecule is CC1CN(C(=O)OC(C)(C)C)CCc2ccc(N3CCCC(F)(F)CC3)nc21. The zero-order valence-electron chi connectivity index (χ0n) is 17.3. The third-order valence-corrected chi connectivity index (χ3v) is 5.30. The van der Waals surface area contributed by atoms with Crippen molar-refractivity contribution < 1.29 is 18.3 Å². The summed E-state index contributed by atoms with van der Waals surface area (Å²) in [6, 6.07) is 3.97. The number of alkyl halides is 2. The number of hydrogen-bond acceptors (Lipinski definition) is 4. The third kappa shape index (κ3) is 5.11. The number of aromatic nitrogens is 1. The molecule has 2 aliphatic heterocycles. The number of halogens is 2. The number of rotatable bonds is 1. The molecule has 156 valence electrons. The summed E-state index contributed by atoms with van der Waals surface area (Å²) in [5.41, 5.74) is 1.54. The van der Waals surface area contributed by atoms with Crippen LogP contribution < -0.4 is 4.90 Å². The van der Waals surface area contributed by atoms with Crippen LogP contribution in [0, 0.1) is 0 Å². The molecular formula is C21H31F2N3O2. The Morgan fingerprint density at radius 3 is 2.68 bits per heavy atom. The van der Waals surface area contributed by atoms with Crippen molar-refractivity contribution in [3.05, 3.63) is 23.4 Å². The van der Waals surface area contributed by atoms with Gasteiger partial charge in [0, 0.05) is 44.9 Å². The number of fused-ring (bicyclic) bond motifs is 1. The van der Waals surface area contributed by atoms with Gasteiger partial charge in [0.05, 0.1) is 5.69 Å². The molecule has 0 radical (unpaired) electrons. The highest BCUT2D eigenvalue weighted by Gasteiger charge is 2.33. The molecule has 0 saturated carbocycles. The summed E-state index contributed by atoms with van der Waals surface area (Å²) in [6.45, 7) is 9.67. The predicted octanol–water partition coefficient (Wildman–Crippen LogP) is 4.60. The summed E-state index contributed by atoms with van der Waals surface area (Å²) < 4.78 is 32.9. The molecule has 1 fully saturated rings. The lowest BCUT2D eigenvalue weighted by atomic mass is 10.0. The summed E-state index contributed by atoms with van der Waals surface area (Å²) in [5, 5.41) is 0. The van der Waals surface area contributed by atoms with E-state index in [0.717, 1.165) is 17.1 Å². The van der Waals surface area contributed by atoms with E-state index in [9.17, 15) is 13.6 Å². The summed E-state index contributed by atoms with van der Waals surface area (Å²) >= 11 is 0. The Morgan fingerprint density at radius 1 is 1.21 bits per heavy atom. The molecule has 1 aromatic rings. The van der Waals surface area contributed by atoms with Gasteiger partial charge in [0.1, 0.15) is 11.4 Å². The van der Waals surface area contributed by atoms with Crippen molar-refractivity contribution in [3.8, 4) is 0 Å². The highest BCUT2D eigenvalue weighted by Crippen LogP contribution is 2.31. The molecule has 1 unspecified atom stereocenters. The van der Waals surface area contributed by atoms with Crippen molar-refractivity contribution in [1.29, 1.82) is 0 Å². The summed E-state index contributed by atoms with van der Waals surface area (Å²) in [6.07, 6.45) is 0.684. The molecule has 7 heteroatoms. The van der Waals surface area contributed by atoms with Gasteiger partial charge in [-0.3, -0.25) is 0 Å². The standard InChI is InChI=1S/C21H31F2N3O2/c1-15-14-26(19(27)28-20(2,3)4)12-8-16-6-7-17(24-18(15)16)25-11-5-9-21(22,23)10-13-25/h6-7,15H,5,8-14H2,1-4H3. The van der Waals surface area contributed by atoms with Crippen LogP contribution in [0.15, 0.2) is 12.1 Å². The molecule has 3 rings (SSSR count). The van der Waals surface area contributed by atoms with E-state index in [-0.39, 0.29) is 24.9 Å². The number of amides is 1. The minimum atomic E-state index is -2.58. The molecule has 0 bridgehead atoms. The first kappa shape index (κ1) is 20.8. The van der Waals surface area contributed by atoms with E-state index in [1.54, 1.807) is 4.90 Å². The minimum Gasteiger partial charge on any atom is -0.444 e. The van der Waals surface area contributed by atoms with E-state index in [2.05, 4.69) is 6.92 Å². The fourth-order valence-electron chi connectivity index (χ4n) is 3.86. The number of pyridine rings is 1. The second kappa shape index (κ2) is 7.84. The lowest BCUT2D eigenvalue weighted by Crippen LogP contribution is -2.38. The van der Waals surface area contributed by atoms with Gasteiger partial charge in [0.15, 0.2) is 0 Å². The molecule has 28 heavy (non-hydrogen) atoms. The second-order valence-corrected chi connectivity index (χ2v) is 8.99. The number of hydrogen-bond donors (Lipinski definition) is 0. The Balaban J connectivity index is 1.75. The van der Waals surface area contributed by atoms with Crippen LogP contribution in [0.2, 0.25) is 0 Å². The smallest absolute Gasteiger partial charge is 0.410 e. The molecule has 5 nitrogen and oxygen atoms in total. The topological polar surface area (TPSA) is 45.7 Å². The Labute approximate surface area is 166 Å². The van der Waals surface area contributed by atoms with Gasteiger partial charge in [-0.05, 0) is 45.2 Å². The molecule has 1 amide bonds. The van der Waals surface area contributed by atoms with Crippen LogP contribution in [0.3, 0.4) is 0 Å². The van der Waals surface area contributed by atoms with E-state index in [4.69, 9.17) is 9.72 Å². The van der Waals surface area contributed by atoms with Gasteiger partial charge in [0.2, 0.25) is 5.92 Å². The zero-order valence-corrected chi connectivity index (χ0v) is 17.3. The van der Waals surface area contributed by atoms with Gasteiger partial charge < -0.3 is 14.5 Å². The normalized spacial score (nSPS) is 22.9. The number of carbonyl (C=O) groups excluding carboxylic acids is 1. The van der Waals surface area contributed by atoms with Gasteiger partial charge in [-0.1, -0.05) is 13.0 Å². The van der Waals surface area contributed by atoms with Crippen LogP contribution in [0.25, 0.3) is 0 Å². The molecule has 0 aromatic carbocycles. The average Bonchev–Trinajstić information content (AvgIpc) is 2.87. The molecule has 1 atom stereocenters. The first-order valence-electron chi connectivity index (χ1n) is 10.1. The van der Waals surface area contributed by atoms with Crippen molar-refractivity contribution >= 4 is 11.9 Å². The van der Waals surface area contributed by atoms with Crippen LogP contribution in [0.4, 0.5) is 19.4 Å². The van der Waals surface area contributed by atoms with Crippen LogP contribution in [-0.2, 0) is 11.2 Å². The maximum Gasteiger partial charge on any atom is 0.410 e. The molecule has 0 aliphatic carbocycles. The van der Waals surface area contributed by atoms with Crippen molar-refractivity contribution in [3.63, 3.8) is 0 Å². The van der Waals surface area contributed by atoms with Crippen molar-refractivity contribution in [2.45, 2.75) is 70.8 Å².